The number of carbonyl (C=O) groups is 1. The number of alkyl halides is 3. The molecule has 0 saturated carbocycles. The summed E-state index contributed by atoms with van der Waals surface area (Å²) in [4.78, 5) is 10.3. The fourth-order valence-corrected chi connectivity index (χ4v) is 1.54. The van der Waals surface area contributed by atoms with Gasteiger partial charge < -0.3 is 10.4 Å². The van der Waals surface area contributed by atoms with Gasteiger partial charge in [0.1, 0.15) is 0 Å². The zero-order chi connectivity index (χ0) is 12.8. The van der Waals surface area contributed by atoms with Gasteiger partial charge in [0.25, 0.3) is 0 Å². The van der Waals surface area contributed by atoms with Crippen molar-refractivity contribution in [2.24, 2.45) is 5.92 Å². The van der Waals surface area contributed by atoms with Gasteiger partial charge in [0, 0.05) is 29.4 Å². The maximum atomic E-state index is 12.1. The molecule has 2 atom stereocenters. The van der Waals surface area contributed by atoms with E-state index in [1.54, 1.807) is 0 Å². The van der Waals surface area contributed by atoms with Crippen LogP contribution in [0.1, 0.15) is 6.42 Å². The molecule has 2 unspecified atom stereocenters. The first-order valence-corrected chi connectivity index (χ1v) is 6.28. The molecule has 0 saturated heterocycles. The van der Waals surface area contributed by atoms with Crippen LogP contribution in [0.15, 0.2) is 0 Å². The van der Waals surface area contributed by atoms with E-state index in [1.165, 1.54) is 6.26 Å². The first kappa shape index (κ1) is 15.4. The average Bonchev–Trinajstić information content (AvgIpc) is 2.07. The van der Waals surface area contributed by atoms with Gasteiger partial charge in [-0.2, -0.15) is 13.2 Å². The third-order valence-corrected chi connectivity index (χ3v) is 2.69. The summed E-state index contributed by atoms with van der Waals surface area (Å²) in [7, 11) is -0.984. The van der Waals surface area contributed by atoms with Crippen LogP contribution in [0.5, 0.6) is 0 Å². The number of nitrogens with one attached hydrogen (secondary N) is 1. The zero-order valence-corrected chi connectivity index (χ0v) is 9.53. The van der Waals surface area contributed by atoms with Crippen molar-refractivity contribution in [1.29, 1.82) is 0 Å². The molecule has 0 aromatic carbocycles. The van der Waals surface area contributed by atoms with Crippen LogP contribution in [-0.2, 0) is 15.6 Å². The molecule has 0 bridgehead atoms. The second-order valence-corrected chi connectivity index (χ2v) is 4.82. The highest BCUT2D eigenvalue weighted by Crippen LogP contribution is 2.25. The minimum Gasteiger partial charge on any atom is -0.481 e. The molecule has 0 spiro atoms. The van der Waals surface area contributed by atoms with Gasteiger partial charge in [0.05, 0.1) is 0 Å². The van der Waals surface area contributed by atoms with E-state index in [1.807, 2.05) is 0 Å². The number of hydrogen-bond donors (Lipinski definition) is 2. The lowest BCUT2D eigenvalue weighted by molar-refractivity contribution is -0.192. The lowest BCUT2D eigenvalue weighted by atomic mass is 10.1. The predicted octanol–water partition coefficient (Wildman–Crippen LogP) is 0.608. The average molecular weight is 261 g/mol. The Morgan fingerprint density at radius 1 is 1.50 bits per heavy atom. The van der Waals surface area contributed by atoms with E-state index in [0.717, 1.165) is 0 Å². The van der Waals surface area contributed by atoms with Crippen LogP contribution in [-0.4, -0.2) is 46.6 Å². The highest BCUT2D eigenvalue weighted by Gasteiger charge is 2.44. The third-order valence-electron chi connectivity index (χ3n) is 1.83. The molecule has 0 aliphatic rings. The van der Waals surface area contributed by atoms with Gasteiger partial charge in [0.15, 0.2) is 5.92 Å². The van der Waals surface area contributed by atoms with Crippen LogP contribution in [0.25, 0.3) is 0 Å². The molecule has 4 nitrogen and oxygen atoms in total. The number of halogens is 3. The third kappa shape index (κ3) is 6.78. The Morgan fingerprint density at radius 3 is 2.44 bits per heavy atom. The first-order chi connectivity index (χ1) is 7.25. The van der Waals surface area contributed by atoms with Gasteiger partial charge in [0.2, 0.25) is 0 Å². The Bertz CT molecular complexity index is 257. The fourth-order valence-electron chi connectivity index (χ4n) is 0.990. The van der Waals surface area contributed by atoms with Crippen molar-refractivity contribution in [3.05, 3.63) is 0 Å². The van der Waals surface area contributed by atoms with Crippen molar-refractivity contribution in [2.75, 3.05) is 25.1 Å². The van der Waals surface area contributed by atoms with E-state index >= 15 is 0 Å². The summed E-state index contributed by atoms with van der Waals surface area (Å²) in [5, 5.41) is 10.7. The molecule has 2 N–H and O–H groups in total. The molecular weight excluding hydrogens is 247 g/mol. The Kier molecular flexibility index (Phi) is 6.58. The van der Waals surface area contributed by atoms with E-state index in [0.29, 0.717) is 12.2 Å². The SMILES string of the molecule is CS(=O)CCCNCC(C(=O)O)C(F)(F)F. The van der Waals surface area contributed by atoms with Gasteiger partial charge in [-0.3, -0.25) is 9.00 Å². The van der Waals surface area contributed by atoms with Crippen LogP contribution in [0.4, 0.5) is 13.2 Å². The van der Waals surface area contributed by atoms with Gasteiger partial charge in [-0.1, -0.05) is 0 Å². The van der Waals surface area contributed by atoms with Crippen molar-refractivity contribution < 1.29 is 27.3 Å². The van der Waals surface area contributed by atoms with E-state index in [2.05, 4.69) is 5.32 Å². The van der Waals surface area contributed by atoms with Gasteiger partial charge in [-0.05, 0) is 13.0 Å². The number of carboxylic acid groups (broad SMARTS) is 1. The van der Waals surface area contributed by atoms with Crippen LogP contribution in [0, 0.1) is 5.92 Å². The molecule has 16 heavy (non-hydrogen) atoms. The summed E-state index contributed by atoms with van der Waals surface area (Å²) in [5.41, 5.74) is 0. The maximum Gasteiger partial charge on any atom is 0.403 e. The van der Waals surface area contributed by atoms with E-state index in [9.17, 15) is 22.2 Å². The standard InChI is InChI=1S/C8H14F3NO3S/c1-16(15)4-2-3-12-5-6(7(13)14)8(9,10)11/h6,12H,2-5H2,1H3,(H,13,14). The summed E-state index contributed by atoms with van der Waals surface area (Å²) >= 11 is 0. The van der Waals surface area contributed by atoms with Crippen LogP contribution < -0.4 is 5.32 Å². The second-order valence-electron chi connectivity index (χ2n) is 3.27. The van der Waals surface area contributed by atoms with E-state index < -0.39 is 35.4 Å². The van der Waals surface area contributed by atoms with Crippen molar-refractivity contribution >= 4 is 16.8 Å². The Labute approximate surface area is 93.7 Å². The predicted molar refractivity (Wildman–Crippen MR) is 53.6 cm³/mol. The molecule has 0 aromatic heterocycles. The van der Waals surface area contributed by atoms with Gasteiger partial charge in [-0.15, -0.1) is 0 Å². The summed E-state index contributed by atoms with van der Waals surface area (Å²) in [6.07, 6.45) is -2.80. The molecule has 0 amide bonds. The molecule has 0 fully saturated rings. The second kappa shape index (κ2) is 6.85. The Morgan fingerprint density at radius 2 is 2.06 bits per heavy atom. The molecule has 0 aliphatic heterocycles. The molecular formula is C8H14F3NO3S. The Hall–Kier alpha value is -0.630. The van der Waals surface area contributed by atoms with Crippen LogP contribution in [0.3, 0.4) is 0 Å². The molecule has 0 aromatic rings. The van der Waals surface area contributed by atoms with Crippen molar-refractivity contribution in [3.63, 3.8) is 0 Å². The molecule has 0 aliphatic carbocycles. The summed E-state index contributed by atoms with van der Waals surface area (Å²) < 4.78 is 47.0. The number of hydrogen-bond acceptors (Lipinski definition) is 3. The molecule has 96 valence electrons. The lowest BCUT2D eigenvalue weighted by Gasteiger charge is -2.16. The van der Waals surface area contributed by atoms with Crippen molar-refractivity contribution in [3.8, 4) is 0 Å². The first-order valence-electron chi connectivity index (χ1n) is 4.55. The summed E-state index contributed by atoms with van der Waals surface area (Å²) in [5.74, 6) is -3.89. The molecule has 0 rings (SSSR count). The monoisotopic (exact) mass is 261 g/mol. The summed E-state index contributed by atoms with van der Waals surface area (Å²) in [6, 6.07) is 0. The normalized spacial score (nSPS) is 15.8. The van der Waals surface area contributed by atoms with E-state index in [4.69, 9.17) is 5.11 Å². The van der Waals surface area contributed by atoms with Crippen molar-refractivity contribution in [1.82, 2.24) is 5.32 Å². The van der Waals surface area contributed by atoms with Gasteiger partial charge >= 0.3 is 12.1 Å². The zero-order valence-electron chi connectivity index (χ0n) is 8.71. The lowest BCUT2D eigenvalue weighted by Crippen LogP contribution is -2.39. The Balaban J connectivity index is 3.87. The topological polar surface area (TPSA) is 66.4 Å². The van der Waals surface area contributed by atoms with Crippen molar-refractivity contribution in [2.45, 2.75) is 12.6 Å². The smallest absolute Gasteiger partial charge is 0.403 e. The molecule has 0 radical (unpaired) electrons. The quantitative estimate of drug-likeness (QED) is 0.659. The molecule has 8 heteroatoms. The number of aliphatic carboxylic acids is 1. The number of carboxylic acids is 1. The fraction of sp³-hybridized carbons (Fsp3) is 0.875. The minimum atomic E-state index is -4.74. The summed E-state index contributed by atoms with van der Waals surface area (Å²) in [6.45, 7) is -0.436. The van der Waals surface area contributed by atoms with Gasteiger partial charge in [-0.25, -0.2) is 0 Å². The highest BCUT2D eigenvalue weighted by atomic mass is 32.2. The number of rotatable bonds is 7. The van der Waals surface area contributed by atoms with E-state index in [-0.39, 0.29) is 6.54 Å². The maximum absolute atomic E-state index is 12.1. The largest absolute Gasteiger partial charge is 0.481 e. The van der Waals surface area contributed by atoms with Crippen LogP contribution in [0.2, 0.25) is 0 Å². The minimum absolute atomic E-state index is 0.222. The van der Waals surface area contributed by atoms with Crippen LogP contribution >= 0.6 is 0 Å². The molecule has 0 heterocycles. The highest BCUT2D eigenvalue weighted by molar-refractivity contribution is 7.84.